The fraction of sp³-hybridized carbons (Fsp3) is 0.0870. The predicted octanol–water partition coefficient (Wildman–Crippen LogP) is 21.0. The van der Waals surface area contributed by atoms with E-state index >= 15 is 0 Å². The maximum atomic E-state index is 2.66. The van der Waals surface area contributed by atoms with Gasteiger partial charge in [0.05, 0.1) is 28.1 Å². The Labute approximate surface area is 591 Å². The topological polar surface area (TPSA) is 17.9 Å². The maximum Gasteiger partial charge on any atom is 0.252 e. The fourth-order valence-corrected chi connectivity index (χ4v) is 17.8. The molecule has 1 aromatic heterocycles. The summed E-state index contributed by atoms with van der Waals surface area (Å²) < 4.78 is 2.56. The van der Waals surface area contributed by atoms with Gasteiger partial charge in [-0.2, -0.15) is 0 Å². The molecule has 476 valence electrons. The second-order valence-corrected chi connectivity index (χ2v) is 30.3. The second-order valence-electron chi connectivity index (χ2n) is 29.2. The Hall–Kier alpha value is -11.4. The van der Waals surface area contributed by atoms with Gasteiger partial charge < -0.3 is 24.2 Å². The average Bonchev–Trinajstić information content (AvgIpc) is 0.763. The Morgan fingerprint density at radius 1 is 0.300 bits per heavy atom. The van der Waals surface area contributed by atoms with Gasteiger partial charge in [0.2, 0.25) is 6.71 Å². The first kappa shape index (κ1) is 59.8. The van der Waals surface area contributed by atoms with Gasteiger partial charge in [0.15, 0.2) is 0 Å². The molecule has 0 aliphatic carbocycles. The Morgan fingerprint density at radius 3 is 1.39 bits per heavy atom. The molecule has 0 bridgehead atoms. The van der Waals surface area contributed by atoms with E-state index in [-0.39, 0.29) is 24.3 Å². The number of rotatable bonds is 9. The van der Waals surface area contributed by atoms with Crippen LogP contribution in [0.2, 0.25) is 0 Å². The fourth-order valence-electron chi connectivity index (χ4n) is 16.6. The van der Waals surface area contributed by atoms with Crippen molar-refractivity contribution in [1.82, 2.24) is 4.57 Å². The van der Waals surface area contributed by atoms with Crippen LogP contribution in [-0.4, -0.2) is 18.0 Å². The zero-order valence-electron chi connectivity index (χ0n) is 56.9. The van der Waals surface area contributed by atoms with E-state index in [1.165, 1.54) is 81.2 Å². The standard InChI is InChI=1S/C92H71B2N5S/c1-91(2,3)62-48-50-79-71(52-62)72-53-63(92(4,5)6)49-51-80(72)98(79)68-56-86-90-88(57-68)100-87-47-29-25-43-74(87)94(90)75-58-76-83(59-82(75)97(86)66-38-20-11-21-39-66)99(78-45-27-23-41-70(78)61-32-14-8-15-33-61)85-55-67(54-84-89(85)93(76)73-42-24-28-46-81(73)96(84)65-36-18-10-19-37-65)95(64-34-16-9-17-35-64)77-44-26-22-40-69(77)60-30-12-7-13-31-60/h7-59H,1-6H3. The van der Waals surface area contributed by atoms with Gasteiger partial charge in [-0.15, -0.1) is 0 Å². The summed E-state index contributed by atoms with van der Waals surface area (Å²) >= 11 is 1.92. The average molecular weight is 1300 g/mol. The smallest absolute Gasteiger partial charge is 0.252 e. The minimum Gasteiger partial charge on any atom is -0.311 e. The number of nitrogens with zero attached hydrogens (tertiary/aromatic N) is 5. The van der Waals surface area contributed by atoms with Crippen LogP contribution in [0.3, 0.4) is 0 Å². The summed E-state index contributed by atoms with van der Waals surface area (Å²) in [4.78, 5) is 12.9. The van der Waals surface area contributed by atoms with Crippen LogP contribution in [0.5, 0.6) is 0 Å². The molecule has 0 atom stereocenters. The number of aromatic nitrogens is 1. The summed E-state index contributed by atoms with van der Waals surface area (Å²) in [6.07, 6.45) is 0. The number of hydrogen-bond acceptors (Lipinski definition) is 5. The van der Waals surface area contributed by atoms with E-state index in [9.17, 15) is 0 Å². The Bertz CT molecular complexity index is 5690. The summed E-state index contributed by atoms with van der Waals surface area (Å²) in [7, 11) is 0. The van der Waals surface area contributed by atoms with Crippen molar-refractivity contribution in [2.75, 3.05) is 19.6 Å². The van der Waals surface area contributed by atoms with E-state index in [0.29, 0.717) is 0 Å². The van der Waals surface area contributed by atoms with Crippen molar-refractivity contribution in [3.63, 3.8) is 0 Å². The van der Waals surface area contributed by atoms with Crippen LogP contribution < -0.4 is 52.4 Å². The molecule has 0 fully saturated rings. The number of anilines is 12. The zero-order valence-corrected chi connectivity index (χ0v) is 57.7. The Kier molecular flexibility index (Phi) is 13.8. The van der Waals surface area contributed by atoms with E-state index in [1.54, 1.807) is 0 Å². The van der Waals surface area contributed by atoms with Crippen LogP contribution in [0.1, 0.15) is 52.7 Å². The van der Waals surface area contributed by atoms with Gasteiger partial charge in [0, 0.05) is 88.6 Å². The molecule has 14 aromatic carbocycles. The van der Waals surface area contributed by atoms with E-state index in [1.807, 2.05) is 11.8 Å². The Morgan fingerprint density at radius 2 is 0.770 bits per heavy atom. The molecule has 0 saturated carbocycles. The molecule has 5 heterocycles. The van der Waals surface area contributed by atoms with Gasteiger partial charge >= 0.3 is 0 Å². The minimum atomic E-state index is -0.188. The van der Waals surface area contributed by atoms with Gasteiger partial charge in [-0.3, -0.25) is 0 Å². The lowest BCUT2D eigenvalue weighted by Gasteiger charge is -2.47. The van der Waals surface area contributed by atoms with E-state index in [0.717, 1.165) is 90.5 Å². The Balaban J connectivity index is 0.932. The van der Waals surface area contributed by atoms with E-state index < -0.39 is 0 Å². The van der Waals surface area contributed by atoms with Crippen LogP contribution in [0.25, 0.3) is 49.7 Å². The molecule has 0 N–H and O–H groups in total. The van der Waals surface area contributed by atoms with Crippen LogP contribution in [0, 0.1) is 0 Å². The van der Waals surface area contributed by atoms with E-state index in [2.05, 4.69) is 387 Å². The number of para-hydroxylation sites is 6. The summed E-state index contributed by atoms with van der Waals surface area (Å²) in [6, 6.07) is 121. The van der Waals surface area contributed by atoms with Crippen molar-refractivity contribution in [2.24, 2.45) is 0 Å². The van der Waals surface area contributed by atoms with Crippen molar-refractivity contribution < 1.29 is 0 Å². The van der Waals surface area contributed by atoms with E-state index in [4.69, 9.17) is 0 Å². The molecule has 19 rings (SSSR count). The van der Waals surface area contributed by atoms with Crippen molar-refractivity contribution in [3.05, 3.63) is 333 Å². The molecule has 0 saturated heterocycles. The normalized spacial score (nSPS) is 13.4. The van der Waals surface area contributed by atoms with Gasteiger partial charge in [-0.05, 0) is 176 Å². The molecule has 15 aromatic rings. The first-order valence-corrected chi connectivity index (χ1v) is 35.9. The summed E-state index contributed by atoms with van der Waals surface area (Å²) in [6.45, 7) is 13.7. The molecule has 0 amide bonds. The number of hydrogen-bond donors (Lipinski definition) is 0. The quantitative estimate of drug-likeness (QED) is 0.134. The van der Waals surface area contributed by atoms with Crippen LogP contribution in [0.4, 0.5) is 68.2 Å². The highest BCUT2D eigenvalue weighted by atomic mass is 32.2. The van der Waals surface area contributed by atoms with Gasteiger partial charge in [-0.1, -0.05) is 265 Å². The largest absolute Gasteiger partial charge is 0.311 e. The van der Waals surface area contributed by atoms with Gasteiger partial charge in [-0.25, -0.2) is 0 Å². The highest BCUT2D eigenvalue weighted by Gasteiger charge is 2.48. The number of benzene rings is 14. The first-order valence-electron chi connectivity index (χ1n) is 35.0. The third-order valence-corrected chi connectivity index (χ3v) is 22.4. The third-order valence-electron chi connectivity index (χ3n) is 21.3. The monoisotopic (exact) mass is 1300 g/mol. The number of fused-ring (bicyclic) bond motifs is 11. The molecule has 0 spiro atoms. The lowest BCUT2D eigenvalue weighted by molar-refractivity contribution is 0.590. The molecule has 8 heteroatoms. The van der Waals surface area contributed by atoms with Crippen LogP contribution >= 0.6 is 11.8 Å². The maximum absolute atomic E-state index is 2.66. The van der Waals surface area contributed by atoms with Crippen molar-refractivity contribution in [1.29, 1.82) is 0 Å². The van der Waals surface area contributed by atoms with Gasteiger partial charge in [0.1, 0.15) is 0 Å². The summed E-state index contributed by atoms with van der Waals surface area (Å²) in [5.74, 6) is 0. The molecule has 100 heavy (non-hydrogen) atoms. The molecule has 0 unspecified atom stereocenters. The highest BCUT2D eigenvalue weighted by molar-refractivity contribution is 8.00. The third kappa shape index (κ3) is 9.48. The van der Waals surface area contributed by atoms with Crippen molar-refractivity contribution >= 4 is 148 Å². The minimum absolute atomic E-state index is 0.0337. The lowest BCUT2D eigenvalue weighted by atomic mass is 9.30. The SMILES string of the molecule is CC(C)(C)c1ccc2c(c1)c1cc(C(C)(C)C)ccc1n2-c1cc2c3c(c1)N(c1ccccc1)c1cc4c(cc1B3c1ccccc1S2)B1c2ccccc2N(c2ccccc2)c2cc(N(c3ccccc3)c3ccccc3-c3ccccc3)cc(c21)N4c1ccccc1-c1ccccc1. The summed E-state index contributed by atoms with van der Waals surface area (Å²) in [5.41, 5.74) is 31.8. The molecular formula is C92H71B2N5S. The first-order chi connectivity index (χ1) is 48.9. The lowest BCUT2D eigenvalue weighted by Crippen LogP contribution is -2.64. The molecular weight excluding hydrogens is 1230 g/mol. The molecule has 5 nitrogen and oxygen atoms in total. The predicted molar refractivity (Wildman–Crippen MR) is 428 cm³/mol. The van der Waals surface area contributed by atoms with Crippen LogP contribution in [0.15, 0.2) is 331 Å². The summed E-state index contributed by atoms with van der Waals surface area (Å²) in [5, 5.41) is 2.55. The second kappa shape index (κ2) is 23.1. The van der Waals surface area contributed by atoms with Gasteiger partial charge in [0.25, 0.3) is 6.71 Å². The van der Waals surface area contributed by atoms with Crippen LogP contribution in [-0.2, 0) is 10.8 Å². The van der Waals surface area contributed by atoms with Crippen molar-refractivity contribution in [3.8, 4) is 27.9 Å². The zero-order chi connectivity index (χ0) is 67.1. The van der Waals surface area contributed by atoms with Crippen molar-refractivity contribution in [2.45, 2.75) is 62.2 Å². The molecule has 0 radical (unpaired) electrons. The molecule has 4 aliphatic heterocycles. The molecule has 4 aliphatic rings. The highest BCUT2D eigenvalue weighted by Crippen LogP contribution is 2.53.